The summed E-state index contributed by atoms with van der Waals surface area (Å²) in [6.45, 7) is 2.32. The number of hydrogen-bond donors (Lipinski definition) is 0. The molecule has 1 aliphatic carbocycles. The average Bonchev–Trinajstić information content (AvgIpc) is 2.99. The van der Waals surface area contributed by atoms with Crippen LogP contribution in [0.15, 0.2) is 6.33 Å². The molecule has 5 heteroatoms. The Morgan fingerprint density at radius 3 is 2.94 bits per heavy atom. The number of ether oxygens (including phenoxy) is 1. The summed E-state index contributed by atoms with van der Waals surface area (Å²) >= 11 is 0. The van der Waals surface area contributed by atoms with Gasteiger partial charge in [-0.3, -0.25) is 9.69 Å². The number of esters is 1. The Labute approximate surface area is 106 Å². The van der Waals surface area contributed by atoms with Crippen molar-refractivity contribution in [3.05, 3.63) is 17.7 Å². The predicted molar refractivity (Wildman–Crippen MR) is 64.0 cm³/mol. The van der Waals surface area contributed by atoms with Gasteiger partial charge >= 0.3 is 5.97 Å². The monoisotopic (exact) mass is 247 g/mol. The van der Waals surface area contributed by atoms with Crippen LogP contribution in [0.25, 0.3) is 0 Å². The first-order valence-electron chi connectivity index (χ1n) is 6.78. The van der Waals surface area contributed by atoms with Gasteiger partial charge in [-0.05, 0) is 12.8 Å². The van der Waals surface area contributed by atoms with Gasteiger partial charge in [0.2, 0.25) is 0 Å². The summed E-state index contributed by atoms with van der Waals surface area (Å²) in [5, 5.41) is 0. The lowest BCUT2D eigenvalue weighted by Crippen LogP contribution is -2.42. The molecule has 1 aromatic rings. The van der Waals surface area contributed by atoms with E-state index in [9.17, 15) is 4.79 Å². The molecule has 0 bridgehead atoms. The van der Waals surface area contributed by atoms with Crippen LogP contribution in [0.3, 0.4) is 0 Å². The molecule has 2 fully saturated rings. The maximum absolute atomic E-state index is 11.6. The second-order valence-electron chi connectivity index (χ2n) is 5.47. The van der Waals surface area contributed by atoms with Crippen LogP contribution in [0, 0.1) is 0 Å². The first-order chi connectivity index (χ1) is 8.83. The molecular formula is C13H17N3O2. The molecule has 0 spiro atoms. The van der Waals surface area contributed by atoms with Crippen molar-refractivity contribution in [1.29, 1.82) is 0 Å². The minimum absolute atomic E-state index is 0.0378. The van der Waals surface area contributed by atoms with Gasteiger partial charge in [-0.15, -0.1) is 0 Å². The molecule has 1 saturated heterocycles. The van der Waals surface area contributed by atoms with Crippen molar-refractivity contribution in [2.75, 3.05) is 13.2 Å². The summed E-state index contributed by atoms with van der Waals surface area (Å²) in [4.78, 5) is 18.4. The van der Waals surface area contributed by atoms with Crippen LogP contribution in [0.5, 0.6) is 0 Å². The molecule has 1 atom stereocenters. The highest BCUT2D eigenvalue weighted by molar-refractivity contribution is 5.77. The average molecular weight is 247 g/mol. The SMILES string of the molecule is O=C1OCC[C@@H]1N1CCc2c(ncn2C2CC2)C1. The quantitative estimate of drug-likeness (QED) is 0.728. The van der Waals surface area contributed by atoms with Crippen molar-refractivity contribution < 1.29 is 9.53 Å². The minimum Gasteiger partial charge on any atom is -0.464 e. The molecule has 96 valence electrons. The zero-order valence-electron chi connectivity index (χ0n) is 10.3. The maximum atomic E-state index is 11.6. The van der Waals surface area contributed by atoms with E-state index >= 15 is 0 Å². The van der Waals surface area contributed by atoms with Gasteiger partial charge in [-0.2, -0.15) is 0 Å². The molecule has 5 nitrogen and oxygen atoms in total. The fourth-order valence-electron chi connectivity index (χ4n) is 3.10. The first kappa shape index (κ1) is 10.6. The molecule has 0 unspecified atom stereocenters. The van der Waals surface area contributed by atoms with Crippen LogP contribution in [0.4, 0.5) is 0 Å². The molecule has 18 heavy (non-hydrogen) atoms. The highest BCUT2D eigenvalue weighted by atomic mass is 16.5. The smallest absolute Gasteiger partial charge is 0.323 e. The zero-order valence-corrected chi connectivity index (χ0v) is 10.3. The Balaban J connectivity index is 1.56. The Bertz CT molecular complexity index is 492. The highest BCUT2D eigenvalue weighted by Crippen LogP contribution is 2.37. The van der Waals surface area contributed by atoms with E-state index in [2.05, 4.69) is 14.5 Å². The second kappa shape index (κ2) is 3.82. The van der Waals surface area contributed by atoms with Gasteiger partial charge in [0, 0.05) is 37.7 Å². The summed E-state index contributed by atoms with van der Waals surface area (Å²) in [7, 11) is 0. The topological polar surface area (TPSA) is 47.4 Å². The third-order valence-electron chi connectivity index (χ3n) is 4.26. The largest absolute Gasteiger partial charge is 0.464 e. The van der Waals surface area contributed by atoms with Crippen molar-refractivity contribution in [1.82, 2.24) is 14.5 Å². The van der Waals surface area contributed by atoms with E-state index in [1.54, 1.807) is 0 Å². The first-order valence-corrected chi connectivity index (χ1v) is 6.78. The molecule has 1 saturated carbocycles. The summed E-state index contributed by atoms with van der Waals surface area (Å²) < 4.78 is 7.40. The Kier molecular flexibility index (Phi) is 2.24. The molecule has 3 aliphatic rings. The molecule has 0 amide bonds. The summed E-state index contributed by atoms with van der Waals surface area (Å²) in [6, 6.07) is 0.661. The third-order valence-corrected chi connectivity index (χ3v) is 4.26. The number of fused-ring (bicyclic) bond motifs is 1. The van der Waals surface area contributed by atoms with E-state index in [4.69, 9.17) is 4.74 Å². The van der Waals surface area contributed by atoms with Gasteiger partial charge in [-0.25, -0.2) is 4.98 Å². The highest BCUT2D eigenvalue weighted by Gasteiger charge is 2.36. The van der Waals surface area contributed by atoms with E-state index < -0.39 is 0 Å². The van der Waals surface area contributed by atoms with E-state index in [1.807, 2.05) is 6.33 Å². The maximum Gasteiger partial charge on any atom is 0.323 e. The summed E-state index contributed by atoms with van der Waals surface area (Å²) in [6.07, 6.45) is 6.41. The van der Waals surface area contributed by atoms with Crippen molar-refractivity contribution >= 4 is 5.97 Å². The van der Waals surface area contributed by atoms with Gasteiger partial charge in [0.25, 0.3) is 0 Å². The standard InChI is InChI=1S/C13H17N3O2/c17-13-12(4-6-18-13)15-5-3-11-10(7-15)14-8-16(11)9-1-2-9/h8-9,12H,1-7H2/t12-/m0/s1. The van der Waals surface area contributed by atoms with Crippen LogP contribution in [-0.2, 0) is 22.5 Å². The van der Waals surface area contributed by atoms with E-state index in [0.29, 0.717) is 12.6 Å². The van der Waals surface area contributed by atoms with Crippen LogP contribution in [0.2, 0.25) is 0 Å². The van der Waals surface area contributed by atoms with Gasteiger partial charge in [-0.1, -0.05) is 0 Å². The Hall–Kier alpha value is -1.36. The summed E-state index contributed by atoms with van der Waals surface area (Å²) in [5.74, 6) is -0.0555. The predicted octanol–water partition coefficient (Wildman–Crippen LogP) is 0.892. The number of rotatable bonds is 2. The molecule has 1 aromatic heterocycles. The molecule has 3 heterocycles. The van der Waals surface area contributed by atoms with E-state index in [0.717, 1.165) is 31.6 Å². The lowest BCUT2D eigenvalue weighted by atomic mass is 10.1. The number of nitrogens with zero attached hydrogens (tertiary/aromatic N) is 3. The fraction of sp³-hybridized carbons (Fsp3) is 0.692. The number of hydrogen-bond acceptors (Lipinski definition) is 4. The lowest BCUT2D eigenvalue weighted by Gasteiger charge is -2.29. The molecule has 0 N–H and O–H groups in total. The molecule has 2 aliphatic heterocycles. The van der Waals surface area contributed by atoms with Crippen LogP contribution < -0.4 is 0 Å². The molecular weight excluding hydrogens is 230 g/mol. The Morgan fingerprint density at radius 1 is 1.33 bits per heavy atom. The van der Waals surface area contributed by atoms with E-state index in [1.165, 1.54) is 18.5 Å². The molecule has 4 rings (SSSR count). The van der Waals surface area contributed by atoms with Crippen molar-refractivity contribution in [2.24, 2.45) is 0 Å². The van der Waals surface area contributed by atoms with Gasteiger partial charge < -0.3 is 9.30 Å². The molecule has 0 radical (unpaired) electrons. The second-order valence-corrected chi connectivity index (χ2v) is 5.47. The number of carbonyl (C=O) groups excluding carboxylic acids is 1. The van der Waals surface area contributed by atoms with Crippen LogP contribution in [0.1, 0.15) is 36.7 Å². The van der Waals surface area contributed by atoms with Gasteiger partial charge in [0.15, 0.2) is 0 Å². The van der Waals surface area contributed by atoms with Crippen molar-refractivity contribution in [3.8, 4) is 0 Å². The van der Waals surface area contributed by atoms with Crippen molar-refractivity contribution in [3.63, 3.8) is 0 Å². The fourth-order valence-corrected chi connectivity index (χ4v) is 3.10. The normalized spacial score (nSPS) is 28.2. The number of carbonyl (C=O) groups is 1. The lowest BCUT2D eigenvalue weighted by molar-refractivity contribution is -0.142. The summed E-state index contributed by atoms with van der Waals surface area (Å²) in [5.41, 5.74) is 2.55. The van der Waals surface area contributed by atoms with Gasteiger partial charge in [0.1, 0.15) is 6.04 Å². The minimum atomic E-state index is -0.0555. The van der Waals surface area contributed by atoms with Gasteiger partial charge in [0.05, 0.1) is 18.6 Å². The van der Waals surface area contributed by atoms with E-state index in [-0.39, 0.29) is 12.0 Å². The zero-order chi connectivity index (χ0) is 12.1. The van der Waals surface area contributed by atoms with Crippen LogP contribution >= 0.6 is 0 Å². The number of imidazole rings is 1. The number of aromatic nitrogens is 2. The molecule has 0 aromatic carbocycles. The van der Waals surface area contributed by atoms with Crippen molar-refractivity contribution in [2.45, 2.75) is 44.3 Å². The van der Waals surface area contributed by atoms with Crippen LogP contribution in [-0.4, -0.2) is 39.6 Å². The third kappa shape index (κ3) is 1.57. The Morgan fingerprint density at radius 2 is 2.22 bits per heavy atom. The number of cyclic esters (lactones) is 1.